The van der Waals surface area contributed by atoms with E-state index in [1.54, 1.807) is 0 Å². The Labute approximate surface area is 95.4 Å². The van der Waals surface area contributed by atoms with Gasteiger partial charge in [0.2, 0.25) is 0 Å². The Bertz CT molecular complexity index is 470. The van der Waals surface area contributed by atoms with Crippen molar-refractivity contribution < 1.29 is 23.0 Å². The Morgan fingerprint density at radius 3 is 2.59 bits per heavy atom. The lowest BCUT2D eigenvalue weighted by atomic mass is 10.1. The molecule has 1 rings (SSSR count). The van der Waals surface area contributed by atoms with Gasteiger partial charge < -0.3 is 9.47 Å². The molecule has 0 aliphatic rings. The SMILES string of the molecule is COC(=O)Cc1cc(C(F)F)c(=O)[nH]c1OC. The molecule has 0 aromatic carbocycles. The molecule has 1 N–H and O–H groups in total. The number of aromatic amines is 1. The minimum absolute atomic E-state index is 0.0233. The molecule has 5 nitrogen and oxygen atoms in total. The Morgan fingerprint density at radius 2 is 2.12 bits per heavy atom. The normalized spacial score (nSPS) is 10.4. The highest BCUT2D eigenvalue weighted by atomic mass is 19.3. The van der Waals surface area contributed by atoms with Gasteiger partial charge in [0.1, 0.15) is 0 Å². The van der Waals surface area contributed by atoms with Crippen molar-refractivity contribution in [3.63, 3.8) is 0 Å². The third kappa shape index (κ3) is 3.02. The molecule has 0 saturated carbocycles. The number of carbonyl (C=O) groups is 1. The Morgan fingerprint density at radius 1 is 1.47 bits per heavy atom. The third-order valence-corrected chi connectivity index (χ3v) is 2.11. The van der Waals surface area contributed by atoms with Crippen LogP contribution in [0.4, 0.5) is 8.78 Å². The maximum absolute atomic E-state index is 12.5. The maximum atomic E-state index is 12.5. The van der Waals surface area contributed by atoms with E-state index in [1.165, 1.54) is 14.2 Å². The monoisotopic (exact) mass is 247 g/mol. The average Bonchev–Trinajstić information content (AvgIpc) is 2.30. The van der Waals surface area contributed by atoms with Gasteiger partial charge in [-0.05, 0) is 6.07 Å². The molecule has 0 unspecified atom stereocenters. The molecule has 0 atom stereocenters. The lowest BCUT2D eigenvalue weighted by molar-refractivity contribution is -0.139. The summed E-state index contributed by atoms with van der Waals surface area (Å²) in [5, 5.41) is 0. The summed E-state index contributed by atoms with van der Waals surface area (Å²) >= 11 is 0. The lowest BCUT2D eigenvalue weighted by Gasteiger charge is -2.08. The average molecular weight is 247 g/mol. The van der Waals surface area contributed by atoms with Crippen LogP contribution in [0.5, 0.6) is 5.88 Å². The molecule has 7 heteroatoms. The molecule has 0 spiro atoms. The first-order chi connectivity index (χ1) is 7.99. The fraction of sp³-hybridized carbons (Fsp3) is 0.400. The molecule has 94 valence electrons. The standard InChI is InChI=1S/C10H11F2NO4/c1-16-7(14)4-5-3-6(8(11)12)9(15)13-10(5)17-2/h3,8H,4H2,1-2H3,(H,13,15). The van der Waals surface area contributed by atoms with Gasteiger partial charge in [-0.25, -0.2) is 8.78 Å². The molecule has 1 heterocycles. The van der Waals surface area contributed by atoms with Crippen LogP contribution in [0.2, 0.25) is 0 Å². The van der Waals surface area contributed by atoms with Crippen molar-refractivity contribution in [2.45, 2.75) is 12.8 Å². The van der Waals surface area contributed by atoms with Gasteiger partial charge in [-0.15, -0.1) is 0 Å². The van der Waals surface area contributed by atoms with Gasteiger partial charge in [-0.1, -0.05) is 0 Å². The topological polar surface area (TPSA) is 68.4 Å². The van der Waals surface area contributed by atoms with Crippen LogP contribution in [0.1, 0.15) is 17.6 Å². The number of nitrogens with one attached hydrogen (secondary N) is 1. The molecule has 0 aliphatic carbocycles. The highest BCUT2D eigenvalue weighted by Gasteiger charge is 2.18. The summed E-state index contributed by atoms with van der Waals surface area (Å²) in [7, 11) is 2.43. The molecule has 17 heavy (non-hydrogen) atoms. The summed E-state index contributed by atoms with van der Waals surface area (Å²) in [6.07, 6.45) is -3.17. The van der Waals surface area contributed by atoms with E-state index in [0.717, 1.165) is 6.07 Å². The number of H-pyrrole nitrogens is 1. The summed E-state index contributed by atoms with van der Waals surface area (Å²) in [5.41, 5.74) is -1.50. The zero-order valence-corrected chi connectivity index (χ0v) is 9.25. The number of halogens is 2. The zero-order valence-electron chi connectivity index (χ0n) is 9.25. The first-order valence-corrected chi connectivity index (χ1v) is 4.64. The number of ether oxygens (including phenoxy) is 2. The van der Waals surface area contributed by atoms with Crippen LogP contribution < -0.4 is 10.3 Å². The number of hydrogen-bond acceptors (Lipinski definition) is 4. The van der Waals surface area contributed by atoms with E-state index in [9.17, 15) is 18.4 Å². The third-order valence-electron chi connectivity index (χ3n) is 2.11. The van der Waals surface area contributed by atoms with Gasteiger partial charge in [0.05, 0.1) is 26.2 Å². The van der Waals surface area contributed by atoms with Crippen molar-refractivity contribution in [3.8, 4) is 5.88 Å². The van der Waals surface area contributed by atoms with Crippen LogP contribution >= 0.6 is 0 Å². The van der Waals surface area contributed by atoms with Gasteiger partial charge in [0.25, 0.3) is 12.0 Å². The molecule has 1 aromatic rings. The Balaban J connectivity index is 3.21. The van der Waals surface area contributed by atoms with Crippen LogP contribution in [0.25, 0.3) is 0 Å². The van der Waals surface area contributed by atoms with Crippen LogP contribution in [0.3, 0.4) is 0 Å². The number of carbonyl (C=O) groups excluding carboxylic acids is 1. The molecular weight excluding hydrogens is 236 g/mol. The van der Waals surface area contributed by atoms with Crippen LogP contribution in [0.15, 0.2) is 10.9 Å². The van der Waals surface area contributed by atoms with Crippen molar-refractivity contribution >= 4 is 5.97 Å². The second kappa shape index (κ2) is 5.42. The molecule has 0 radical (unpaired) electrons. The van der Waals surface area contributed by atoms with E-state index in [1.807, 2.05) is 0 Å². The summed E-state index contributed by atoms with van der Waals surface area (Å²) in [5.74, 6) is -0.639. The number of alkyl halides is 2. The van der Waals surface area contributed by atoms with Crippen molar-refractivity contribution in [3.05, 3.63) is 27.5 Å². The second-order valence-corrected chi connectivity index (χ2v) is 3.17. The van der Waals surface area contributed by atoms with Gasteiger partial charge in [0, 0.05) is 5.56 Å². The molecule has 0 bridgehead atoms. The Kier molecular flexibility index (Phi) is 4.19. The van der Waals surface area contributed by atoms with E-state index in [-0.39, 0.29) is 17.9 Å². The van der Waals surface area contributed by atoms with Crippen molar-refractivity contribution in [1.29, 1.82) is 0 Å². The molecule has 0 fully saturated rings. The van der Waals surface area contributed by atoms with E-state index in [2.05, 4.69) is 9.72 Å². The first-order valence-electron chi connectivity index (χ1n) is 4.64. The van der Waals surface area contributed by atoms with Crippen LogP contribution in [-0.2, 0) is 16.0 Å². The van der Waals surface area contributed by atoms with E-state index < -0.39 is 23.5 Å². The second-order valence-electron chi connectivity index (χ2n) is 3.17. The zero-order chi connectivity index (χ0) is 13.0. The lowest BCUT2D eigenvalue weighted by Crippen LogP contribution is -2.17. The first kappa shape index (κ1) is 13.1. The van der Waals surface area contributed by atoms with Crippen LogP contribution in [0, 0.1) is 0 Å². The number of aromatic nitrogens is 1. The minimum atomic E-state index is -2.92. The predicted molar refractivity (Wildman–Crippen MR) is 54.3 cm³/mol. The minimum Gasteiger partial charge on any atom is -0.482 e. The van der Waals surface area contributed by atoms with Crippen molar-refractivity contribution in [2.75, 3.05) is 14.2 Å². The fourth-order valence-electron chi connectivity index (χ4n) is 1.28. The summed E-state index contributed by atoms with van der Waals surface area (Å²) < 4.78 is 34.2. The fourth-order valence-corrected chi connectivity index (χ4v) is 1.28. The van der Waals surface area contributed by atoms with E-state index >= 15 is 0 Å². The van der Waals surface area contributed by atoms with E-state index in [0.29, 0.717) is 0 Å². The van der Waals surface area contributed by atoms with Gasteiger partial charge in [-0.2, -0.15) is 0 Å². The smallest absolute Gasteiger partial charge is 0.310 e. The summed E-state index contributed by atoms with van der Waals surface area (Å²) in [6.45, 7) is 0. The highest BCUT2D eigenvalue weighted by molar-refractivity contribution is 5.73. The summed E-state index contributed by atoms with van der Waals surface area (Å²) in [4.78, 5) is 24.4. The maximum Gasteiger partial charge on any atom is 0.310 e. The van der Waals surface area contributed by atoms with Crippen LogP contribution in [-0.4, -0.2) is 25.2 Å². The van der Waals surface area contributed by atoms with E-state index in [4.69, 9.17) is 4.74 Å². The molecule has 0 amide bonds. The van der Waals surface area contributed by atoms with Gasteiger partial charge in [-0.3, -0.25) is 14.6 Å². The predicted octanol–water partition coefficient (Wildman–Crippen LogP) is 1.04. The quantitative estimate of drug-likeness (QED) is 0.807. The molecular formula is C10H11F2NO4. The highest BCUT2D eigenvalue weighted by Crippen LogP contribution is 2.21. The molecule has 1 aromatic heterocycles. The van der Waals surface area contributed by atoms with Crippen molar-refractivity contribution in [1.82, 2.24) is 4.98 Å². The van der Waals surface area contributed by atoms with Gasteiger partial charge >= 0.3 is 5.97 Å². The largest absolute Gasteiger partial charge is 0.482 e. The number of esters is 1. The number of pyridine rings is 1. The Hall–Kier alpha value is -1.92. The number of hydrogen-bond donors (Lipinski definition) is 1. The number of methoxy groups -OCH3 is 2. The molecule has 0 saturated heterocycles. The summed E-state index contributed by atoms with van der Waals surface area (Å²) in [6, 6.07) is 0.944. The molecule has 0 aliphatic heterocycles. The van der Waals surface area contributed by atoms with Crippen molar-refractivity contribution in [2.24, 2.45) is 0 Å². The number of rotatable bonds is 4. The van der Waals surface area contributed by atoms with Gasteiger partial charge in [0.15, 0.2) is 5.88 Å².